The quantitative estimate of drug-likeness (QED) is 0.597. The van der Waals surface area contributed by atoms with Crippen LogP contribution in [-0.4, -0.2) is 10.2 Å². The first-order valence-corrected chi connectivity index (χ1v) is 4.02. The van der Waals surface area contributed by atoms with Crippen molar-refractivity contribution in [1.29, 1.82) is 0 Å². The van der Waals surface area contributed by atoms with E-state index in [4.69, 9.17) is 11.5 Å². The fourth-order valence-corrected chi connectivity index (χ4v) is 1.28. The first-order valence-electron chi connectivity index (χ1n) is 4.02. The third-order valence-electron chi connectivity index (χ3n) is 1.88. The molecule has 5 N–H and O–H groups in total. The molecule has 0 aliphatic carbocycles. The molecule has 1 aromatic heterocycles. The van der Waals surface area contributed by atoms with Crippen molar-refractivity contribution in [2.45, 2.75) is 0 Å². The van der Waals surface area contributed by atoms with Gasteiger partial charge in [0, 0.05) is 11.3 Å². The zero-order chi connectivity index (χ0) is 10.1. The van der Waals surface area contributed by atoms with Gasteiger partial charge in [-0.25, -0.2) is 4.39 Å². The molecule has 0 bridgehead atoms. The lowest BCUT2D eigenvalue weighted by molar-refractivity contribution is 0.629. The first-order chi connectivity index (χ1) is 6.66. The number of nitrogens with zero attached hydrogens (tertiary/aromatic N) is 1. The maximum Gasteiger partial charge on any atom is 0.125 e. The predicted octanol–water partition coefficient (Wildman–Crippen LogP) is 1.38. The summed E-state index contributed by atoms with van der Waals surface area (Å²) in [4.78, 5) is 0. The molecule has 2 aromatic rings. The van der Waals surface area contributed by atoms with Crippen LogP contribution in [0.4, 0.5) is 15.8 Å². The molecule has 0 aliphatic heterocycles. The first kappa shape index (κ1) is 8.55. The van der Waals surface area contributed by atoms with Gasteiger partial charge in [-0.3, -0.25) is 5.10 Å². The standard InChI is InChI=1S/C9H9FN4/c10-6-1-5(2-7(11)3-6)9-8(12)4-13-14-9/h1-4H,11-12H2,(H,13,14). The highest BCUT2D eigenvalue weighted by atomic mass is 19.1. The number of rotatable bonds is 1. The number of aromatic amines is 1. The molecular formula is C9H9FN4. The Hall–Kier alpha value is -2.04. The van der Waals surface area contributed by atoms with Gasteiger partial charge in [-0.05, 0) is 18.2 Å². The summed E-state index contributed by atoms with van der Waals surface area (Å²) in [5, 5.41) is 6.42. The Morgan fingerprint density at radius 2 is 2.00 bits per heavy atom. The van der Waals surface area contributed by atoms with Crippen molar-refractivity contribution in [3.8, 4) is 11.3 Å². The largest absolute Gasteiger partial charge is 0.399 e. The summed E-state index contributed by atoms with van der Waals surface area (Å²) in [6.45, 7) is 0. The minimum Gasteiger partial charge on any atom is -0.399 e. The molecule has 4 nitrogen and oxygen atoms in total. The molecule has 0 radical (unpaired) electrons. The molecule has 1 heterocycles. The van der Waals surface area contributed by atoms with Crippen LogP contribution < -0.4 is 11.5 Å². The van der Waals surface area contributed by atoms with Gasteiger partial charge in [0.05, 0.1) is 17.6 Å². The molecule has 0 aliphatic rings. The molecule has 0 amide bonds. The summed E-state index contributed by atoms with van der Waals surface area (Å²) in [6, 6.07) is 4.23. The highest BCUT2D eigenvalue weighted by Crippen LogP contribution is 2.25. The van der Waals surface area contributed by atoms with Crippen molar-refractivity contribution in [3.63, 3.8) is 0 Å². The van der Waals surface area contributed by atoms with Gasteiger partial charge >= 0.3 is 0 Å². The number of hydrogen-bond acceptors (Lipinski definition) is 3. The number of anilines is 2. The maximum atomic E-state index is 13.0. The summed E-state index contributed by atoms with van der Waals surface area (Å²) in [5.74, 6) is -0.394. The fourth-order valence-electron chi connectivity index (χ4n) is 1.28. The van der Waals surface area contributed by atoms with Crippen LogP contribution >= 0.6 is 0 Å². The number of nitrogens with two attached hydrogens (primary N) is 2. The molecule has 0 spiro atoms. The van der Waals surface area contributed by atoms with E-state index in [1.54, 1.807) is 6.07 Å². The number of H-pyrrole nitrogens is 1. The Morgan fingerprint density at radius 1 is 1.21 bits per heavy atom. The molecule has 0 unspecified atom stereocenters. The summed E-state index contributed by atoms with van der Waals surface area (Å²) in [6.07, 6.45) is 1.47. The average molecular weight is 192 g/mol. The molecule has 72 valence electrons. The van der Waals surface area contributed by atoms with E-state index in [0.717, 1.165) is 0 Å². The fraction of sp³-hybridized carbons (Fsp3) is 0. The number of benzene rings is 1. The predicted molar refractivity (Wildman–Crippen MR) is 52.8 cm³/mol. The highest BCUT2D eigenvalue weighted by Gasteiger charge is 2.06. The smallest absolute Gasteiger partial charge is 0.125 e. The second-order valence-corrected chi connectivity index (χ2v) is 2.97. The summed E-state index contributed by atoms with van der Waals surface area (Å²) < 4.78 is 13.0. The normalized spacial score (nSPS) is 10.4. The van der Waals surface area contributed by atoms with Crippen molar-refractivity contribution in [2.24, 2.45) is 0 Å². The van der Waals surface area contributed by atoms with Gasteiger partial charge in [0.15, 0.2) is 0 Å². The number of aromatic nitrogens is 2. The Morgan fingerprint density at radius 3 is 2.57 bits per heavy atom. The average Bonchev–Trinajstić information content (AvgIpc) is 2.49. The van der Waals surface area contributed by atoms with Gasteiger partial charge in [-0.1, -0.05) is 0 Å². The van der Waals surface area contributed by atoms with Crippen LogP contribution in [0.1, 0.15) is 0 Å². The monoisotopic (exact) mass is 192 g/mol. The summed E-state index contributed by atoms with van der Waals surface area (Å²) >= 11 is 0. The van der Waals surface area contributed by atoms with Gasteiger partial charge in [0.25, 0.3) is 0 Å². The molecule has 2 rings (SSSR count). The second-order valence-electron chi connectivity index (χ2n) is 2.97. The van der Waals surface area contributed by atoms with Gasteiger partial charge < -0.3 is 11.5 Å². The van der Waals surface area contributed by atoms with Crippen molar-refractivity contribution >= 4 is 11.4 Å². The van der Waals surface area contributed by atoms with Crippen LogP contribution in [0.25, 0.3) is 11.3 Å². The third-order valence-corrected chi connectivity index (χ3v) is 1.88. The second kappa shape index (κ2) is 3.02. The lowest BCUT2D eigenvalue weighted by atomic mass is 10.1. The number of hydrogen-bond donors (Lipinski definition) is 3. The van der Waals surface area contributed by atoms with Crippen molar-refractivity contribution in [3.05, 3.63) is 30.2 Å². The Balaban J connectivity index is 2.57. The Kier molecular flexibility index (Phi) is 1.85. The van der Waals surface area contributed by atoms with E-state index in [2.05, 4.69) is 10.2 Å². The van der Waals surface area contributed by atoms with Crippen molar-refractivity contribution in [2.75, 3.05) is 11.5 Å². The van der Waals surface area contributed by atoms with Gasteiger partial charge in [-0.2, -0.15) is 5.10 Å². The Bertz CT molecular complexity index is 443. The van der Waals surface area contributed by atoms with Crippen LogP contribution in [0, 0.1) is 5.82 Å². The molecule has 0 saturated carbocycles. The SMILES string of the molecule is Nc1cc(F)cc(-c2[nH]ncc2N)c1. The lowest BCUT2D eigenvalue weighted by Crippen LogP contribution is -1.91. The summed E-state index contributed by atoms with van der Waals surface area (Å²) in [5.41, 5.74) is 13.1. The van der Waals surface area contributed by atoms with Gasteiger partial charge in [-0.15, -0.1) is 0 Å². The van der Waals surface area contributed by atoms with Gasteiger partial charge in [0.1, 0.15) is 5.82 Å². The molecular weight excluding hydrogens is 183 g/mol. The molecule has 0 atom stereocenters. The maximum absolute atomic E-state index is 13.0. The van der Waals surface area contributed by atoms with E-state index in [1.807, 2.05) is 0 Å². The Labute approximate surface area is 79.7 Å². The molecule has 1 aromatic carbocycles. The van der Waals surface area contributed by atoms with Crippen LogP contribution in [0.3, 0.4) is 0 Å². The topological polar surface area (TPSA) is 80.7 Å². The number of nitrogens with one attached hydrogen (secondary N) is 1. The third kappa shape index (κ3) is 1.39. The molecule has 0 saturated heterocycles. The van der Waals surface area contributed by atoms with E-state index < -0.39 is 5.82 Å². The van der Waals surface area contributed by atoms with Crippen molar-refractivity contribution in [1.82, 2.24) is 10.2 Å². The van der Waals surface area contributed by atoms with Crippen LogP contribution in [0.5, 0.6) is 0 Å². The van der Waals surface area contributed by atoms with Crippen LogP contribution in [-0.2, 0) is 0 Å². The molecule has 0 fully saturated rings. The van der Waals surface area contributed by atoms with E-state index in [0.29, 0.717) is 22.6 Å². The number of nitrogen functional groups attached to an aromatic ring is 2. The number of halogens is 1. The van der Waals surface area contributed by atoms with Gasteiger partial charge in [0.2, 0.25) is 0 Å². The zero-order valence-corrected chi connectivity index (χ0v) is 7.29. The lowest BCUT2D eigenvalue weighted by Gasteiger charge is -2.01. The van der Waals surface area contributed by atoms with E-state index >= 15 is 0 Å². The zero-order valence-electron chi connectivity index (χ0n) is 7.29. The highest BCUT2D eigenvalue weighted by molar-refractivity contribution is 5.73. The minimum absolute atomic E-state index is 0.356. The summed E-state index contributed by atoms with van der Waals surface area (Å²) in [7, 11) is 0. The minimum atomic E-state index is -0.394. The van der Waals surface area contributed by atoms with E-state index in [-0.39, 0.29) is 0 Å². The van der Waals surface area contributed by atoms with E-state index in [1.165, 1.54) is 18.3 Å². The van der Waals surface area contributed by atoms with E-state index in [9.17, 15) is 4.39 Å². The van der Waals surface area contributed by atoms with Crippen LogP contribution in [0.2, 0.25) is 0 Å². The van der Waals surface area contributed by atoms with Crippen molar-refractivity contribution < 1.29 is 4.39 Å². The molecule has 14 heavy (non-hydrogen) atoms. The van der Waals surface area contributed by atoms with Crippen LogP contribution in [0.15, 0.2) is 24.4 Å². The molecule has 5 heteroatoms.